The van der Waals surface area contributed by atoms with E-state index in [1.165, 1.54) is 7.11 Å². The summed E-state index contributed by atoms with van der Waals surface area (Å²) in [6.45, 7) is 1.61. The van der Waals surface area contributed by atoms with Crippen molar-refractivity contribution < 1.29 is 19.0 Å². The molecule has 0 aliphatic rings. The summed E-state index contributed by atoms with van der Waals surface area (Å²) >= 11 is 0. The molecular weight excluding hydrogens is 270 g/mol. The third-order valence-electron chi connectivity index (χ3n) is 2.78. The zero-order valence-corrected chi connectivity index (χ0v) is 11.9. The van der Waals surface area contributed by atoms with Crippen LogP contribution in [0.1, 0.15) is 6.92 Å². The number of carbonyl (C=O) groups is 1. The number of hydrogen-bond donors (Lipinski definition) is 1. The van der Waals surface area contributed by atoms with Crippen LogP contribution in [-0.2, 0) is 4.79 Å². The van der Waals surface area contributed by atoms with Crippen LogP contribution < -0.4 is 19.9 Å². The Kier molecular flexibility index (Phi) is 4.66. The maximum atomic E-state index is 12.0. The number of nitrogen functional groups attached to an aromatic ring is 1. The van der Waals surface area contributed by atoms with E-state index in [0.717, 1.165) is 0 Å². The summed E-state index contributed by atoms with van der Waals surface area (Å²) in [5.41, 5.74) is 6.23. The lowest BCUT2D eigenvalue weighted by Crippen LogP contribution is -2.28. The molecule has 1 atom stereocenters. The number of methoxy groups -OCH3 is 1. The van der Waals surface area contributed by atoms with Gasteiger partial charge in [-0.15, -0.1) is 0 Å². The first kappa shape index (κ1) is 14.7. The number of rotatable bonds is 5. The van der Waals surface area contributed by atoms with Crippen LogP contribution in [-0.4, -0.2) is 19.2 Å². The number of ether oxygens (including phenoxy) is 3. The largest absolute Gasteiger partial charge is 0.493 e. The van der Waals surface area contributed by atoms with Crippen LogP contribution in [0.25, 0.3) is 0 Å². The lowest BCUT2D eigenvalue weighted by molar-refractivity contribution is -0.141. The molecule has 21 heavy (non-hydrogen) atoms. The molecular formula is C16H17NO4. The van der Waals surface area contributed by atoms with Crippen molar-refractivity contribution in [2.24, 2.45) is 0 Å². The summed E-state index contributed by atoms with van der Waals surface area (Å²) in [5.74, 6) is 0.844. The predicted octanol–water partition coefficient (Wildman–Crippen LogP) is 2.65. The van der Waals surface area contributed by atoms with Gasteiger partial charge in [0.25, 0.3) is 0 Å². The number of benzene rings is 2. The van der Waals surface area contributed by atoms with Crippen molar-refractivity contribution in [1.29, 1.82) is 0 Å². The van der Waals surface area contributed by atoms with Crippen molar-refractivity contribution in [3.8, 4) is 17.2 Å². The molecule has 0 saturated heterocycles. The third kappa shape index (κ3) is 3.89. The molecule has 5 nitrogen and oxygen atoms in total. The van der Waals surface area contributed by atoms with Crippen molar-refractivity contribution >= 4 is 11.7 Å². The minimum absolute atomic E-state index is 0.355. The van der Waals surface area contributed by atoms with Crippen LogP contribution in [0.3, 0.4) is 0 Å². The molecule has 0 saturated carbocycles. The molecule has 0 heterocycles. The van der Waals surface area contributed by atoms with Crippen LogP contribution >= 0.6 is 0 Å². The van der Waals surface area contributed by atoms with Gasteiger partial charge in [0.05, 0.1) is 7.11 Å². The summed E-state index contributed by atoms with van der Waals surface area (Å²) in [4.78, 5) is 12.0. The molecule has 2 aromatic rings. The van der Waals surface area contributed by atoms with E-state index in [2.05, 4.69) is 0 Å². The third-order valence-corrected chi connectivity index (χ3v) is 2.78. The Morgan fingerprint density at radius 3 is 2.48 bits per heavy atom. The fourth-order valence-corrected chi connectivity index (χ4v) is 1.73. The summed E-state index contributed by atoms with van der Waals surface area (Å²) in [6, 6.07) is 13.8. The highest BCUT2D eigenvalue weighted by Gasteiger charge is 2.19. The number of carbonyl (C=O) groups excluding carboxylic acids is 1. The average Bonchev–Trinajstić information content (AvgIpc) is 2.47. The van der Waals surface area contributed by atoms with Crippen LogP contribution in [0.15, 0.2) is 48.5 Å². The molecule has 0 aliphatic carbocycles. The SMILES string of the molecule is COc1ccccc1OC(=O)[C@H](C)Oc1cccc(N)c1. The molecule has 0 bridgehead atoms. The topological polar surface area (TPSA) is 70.8 Å². The van der Waals surface area contributed by atoms with Gasteiger partial charge in [0, 0.05) is 11.8 Å². The van der Waals surface area contributed by atoms with Gasteiger partial charge in [-0.3, -0.25) is 0 Å². The number of anilines is 1. The second-order valence-corrected chi connectivity index (χ2v) is 4.40. The van der Waals surface area contributed by atoms with Gasteiger partial charge in [0.2, 0.25) is 0 Å². The standard InChI is InChI=1S/C16H17NO4/c1-11(20-13-7-5-6-12(17)10-13)16(18)21-15-9-4-3-8-14(15)19-2/h3-11H,17H2,1-2H3/t11-/m0/s1. The maximum absolute atomic E-state index is 12.0. The summed E-state index contributed by atoms with van der Waals surface area (Å²) in [6.07, 6.45) is -0.767. The van der Waals surface area contributed by atoms with E-state index in [1.807, 2.05) is 0 Å². The predicted molar refractivity (Wildman–Crippen MR) is 79.6 cm³/mol. The lowest BCUT2D eigenvalue weighted by Gasteiger charge is -2.15. The Hall–Kier alpha value is -2.69. The molecule has 2 aromatic carbocycles. The average molecular weight is 287 g/mol. The minimum Gasteiger partial charge on any atom is -0.493 e. The molecule has 0 aliphatic heterocycles. The highest BCUT2D eigenvalue weighted by atomic mass is 16.6. The molecule has 0 fully saturated rings. The van der Waals surface area contributed by atoms with Gasteiger partial charge in [0.1, 0.15) is 5.75 Å². The molecule has 2 rings (SSSR count). The number of nitrogens with two attached hydrogens (primary N) is 1. The first-order valence-electron chi connectivity index (χ1n) is 6.47. The number of hydrogen-bond acceptors (Lipinski definition) is 5. The Morgan fingerprint density at radius 2 is 1.81 bits per heavy atom. The lowest BCUT2D eigenvalue weighted by atomic mass is 10.3. The minimum atomic E-state index is -0.767. The van der Waals surface area contributed by atoms with Crippen LogP contribution in [0.4, 0.5) is 5.69 Å². The molecule has 110 valence electrons. The monoisotopic (exact) mass is 287 g/mol. The first-order chi connectivity index (χ1) is 10.1. The van der Waals surface area contributed by atoms with Crippen LogP contribution in [0, 0.1) is 0 Å². The van der Waals surface area contributed by atoms with E-state index in [4.69, 9.17) is 19.9 Å². The second-order valence-electron chi connectivity index (χ2n) is 4.40. The van der Waals surface area contributed by atoms with Crippen molar-refractivity contribution in [2.45, 2.75) is 13.0 Å². The molecule has 0 radical (unpaired) electrons. The second kappa shape index (κ2) is 6.65. The first-order valence-corrected chi connectivity index (χ1v) is 6.47. The van der Waals surface area contributed by atoms with Crippen LogP contribution in [0.5, 0.6) is 17.2 Å². The highest BCUT2D eigenvalue weighted by molar-refractivity contribution is 5.77. The van der Waals surface area contributed by atoms with E-state index in [0.29, 0.717) is 22.9 Å². The maximum Gasteiger partial charge on any atom is 0.352 e. The normalized spacial score (nSPS) is 11.5. The molecule has 0 aromatic heterocycles. The smallest absolute Gasteiger partial charge is 0.352 e. The Balaban J connectivity index is 2.02. The Labute approximate surface area is 123 Å². The fourth-order valence-electron chi connectivity index (χ4n) is 1.73. The number of esters is 1. The van der Waals surface area contributed by atoms with Gasteiger partial charge < -0.3 is 19.9 Å². The zero-order chi connectivity index (χ0) is 15.2. The van der Waals surface area contributed by atoms with Gasteiger partial charge >= 0.3 is 5.97 Å². The van der Waals surface area contributed by atoms with Gasteiger partial charge in [-0.1, -0.05) is 18.2 Å². The van der Waals surface area contributed by atoms with E-state index in [-0.39, 0.29) is 0 Å². The van der Waals surface area contributed by atoms with Crippen molar-refractivity contribution in [3.05, 3.63) is 48.5 Å². The highest BCUT2D eigenvalue weighted by Crippen LogP contribution is 2.26. The molecule has 5 heteroatoms. The summed E-state index contributed by atoms with van der Waals surface area (Å²) < 4.78 is 15.9. The summed E-state index contributed by atoms with van der Waals surface area (Å²) in [5, 5.41) is 0. The molecule has 0 spiro atoms. The summed E-state index contributed by atoms with van der Waals surface area (Å²) in [7, 11) is 1.51. The van der Waals surface area contributed by atoms with Crippen LogP contribution in [0.2, 0.25) is 0 Å². The van der Waals surface area contributed by atoms with Crippen molar-refractivity contribution in [3.63, 3.8) is 0 Å². The van der Waals surface area contributed by atoms with E-state index in [1.54, 1.807) is 55.5 Å². The molecule has 0 unspecified atom stereocenters. The van der Waals surface area contributed by atoms with Gasteiger partial charge in [-0.05, 0) is 31.2 Å². The van der Waals surface area contributed by atoms with Gasteiger partial charge in [-0.2, -0.15) is 0 Å². The zero-order valence-electron chi connectivity index (χ0n) is 11.9. The molecule has 0 amide bonds. The van der Waals surface area contributed by atoms with E-state index in [9.17, 15) is 4.79 Å². The number of para-hydroxylation sites is 2. The quantitative estimate of drug-likeness (QED) is 0.520. The Bertz CT molecular complexity index is 627. The van der Waals surface area contributed by atoms with Crippen molar-refractivity contribution in [1.82, 2.24) is 0 Å². The Morgan fingerprint density at radius 1 is 1.10 bits per heavy atom. The van der Waals surface area contributed by atoms with Crippen molar-refractivity contribution in [2.75, 3.05) is 12.8 Å². The van der Waals surface area contributed by atoms with Gasteiger partial charge in [0.15, 0.2) is 17.6 Å². The fraction of sp³-hybridized carbons (Fsp3) is 0.188. The van der Waals surface area contributed by atoms with Gasteiger partial charge in [-0.25, -0.2) is 4.79 Å². The van der Waals surface area contributed by atoms with E-state index >= 15 is 0 Å². The molecule has 2 N–H and O–H groups in total. The van der Waals surface area contributed by atoms with E-state index < -0.39 is 12.1 Å².